The molecule has 1 aromatic rings. The van der Waals surface area contributed by atoms with Crippen LogP contribution in [0.5, 0.6) is 0 Å². The lowest BCUT2D eigenvalue weighted by atomic mass is 9.70. The van der Waals surface area contributed by atoms with E-state index >= 15 is 0 Å². The second-order valence-electron chi connectivity index (χ2n) is 6.19. The summed E-state index contributed by atoms with van der Waals surface area (Å²) in [7, 11) is 1.76. The minimum Gasteiger partial charge on any atom is -0.383 e. The van der Waals surface area contributed by atoms with Gasteiger partial charge in [0.25, 0.3) is 0 Å². The van der Waals surface area contributed by atoms with Gasteiger partial charge < -0.3 is 10.5 Å². The maximum Gasteiger partial charge on any atom is 0.162 e. The third-order valence-electron chi connectivity index (χ3n) is 4.25. The normalized spacial score (nSPS) is 21.3. The molecule has 1 fully saturated rings. The largest absolute Gasteiger partial charge is 0.383 e. The van der Waals surface area contributed by atoms with Gasteiger partial charge in [-0.2, -0.15) is 0 Å². The summed E-state index contributed by atoms with van der Waals surface area (Å²) >= 11 is 2.19. The molecule has 0 aliphatic heterocycles. The van der Waals surface area contributed by atoms with Crippen LogP contribution >= 0.6 is 22.6 Å². The first-order chi connectivity index (χ1) is 8.80. The molecule has 5 heteroatoms. The number of rotatable bonds is 2. The zero-order chi connectivity index (χ0) is 14.3. The molecule has 0 aromatic carbocycles. The van der Waals surface area contributed by atoms with Gasteiger partial charge in [-0.25, -0.2) is 9.97 Å². The third kappa shape index (κ3) is 2.86. The van der Waals surface area contributed by atoms with Crippen molar-refractivity contribution in [2.45, 2.75) is 52.1 Å². The van der Waals surface area contributed by atoms with E-state index in [9.17, 15) is 0 Å². The fourth-order valence-electron chi connectivity index (χ4n) is 2.63. The molecule has 2 N–H and O–H groups in total. The number of aromatic nitrogens is 2. The molecule has 0 spiro atoms. The van der Waals surface area contributed by atoms with E-state index in [4.69, 9.17) is 10.5 Å². The summed E-state index contributed by atoms with van der Waals surface area (Å²) in [6, 6.07) is 0. The van der Waals surface area contributed by atoms with Crippen molar-refractivity contribution in [3.05, 3.63) is 15.1 Å². The molecule has 0 atom stereocenters. The Kier molecular flexibility index (Phi) is 4.07. The van der Waals surface area contributed by atoms with Crippen molar-refractivity contribution in [3.63, 3.8) is 0 Å². The maximum atomic E-state index is 5.98. The van der Waals surface area contributed by atoms with E-state index < -0.39 is 0 Å². The molecule has 1 aliphatic rings. The first-order valence-corrected chi connectivity index (χ1v) is 7.73. The summed E-state index contributed by atoms with van der Waals surface area (Å²) in [4.78, 5) is 9.11. The molecule has 106 valence electrons. The van der Waals surface area contributed by atoms with Gasteiger partial charge in [-0.05, 0) is 60.6 Å². The van der Waals surface area contributed by atoms with Crippen molar-refractivity contribution in [3.8, 4) is 0 Å². The number of nitrogen functional groups attached to an aromatic ring is 1. The molecule has 1 heterocycles. The van der Waals surface area contributed by atoms with Crippen LogP contribution in [0.4, 0.5) is 5.82 Å². The third-order valence-corrected chi connectivity index (χ3v) is 5.59. The second kappa shape index (κ2) is 5.16. The predicted octanol–water partition coefficient (Wildman–Crippen LogP) is 3.41. The van der Waals surface area contributed by atoms with Crippen LogP contribution in [0, 0.1) is 15.9 Å². The van der Waals surface area contributed by atoms with Gasteiger partial charge in [-0.1, -0.05) is 13.8 Å². The number of hydrogen-bond donors (Lipinski definition) is 1. The summed E-state index contributed by atoms with van der Waals surface area (Å²) in [6.45, 7) is 6.58. The van der Waals surface area contributed by atoms with Crippen molar-refractivity contribution in [1.29, 1.82) is 0 Å². The fraction of sp³-hybridized carbons (Fsp3) is 0.714. The second-order valence-corrected chi connectivity index (χ2v) is 7.27. The summed E-state index contributed by atoms with van der Waals surface area (Å²) in [5.41, 5.74) is 6.93. The Balaban J connectivity index is 2.38. The lowest BCUT2D eigenvalue weighted by Crippen LogP contribution is -2.38. The first-order valence-electron chi connectivity index (χ1n) is 6.65. The highest BCUT2D eigenvalue weighted by molar-refractivity contribution is 14.1. The summed E-state index contributed by atoms with van der Waals surface area (Å²) in [6.07, 6.45) is 4.15. The number of nitrogens with two attached hydrogens (primary N) is 1. The Morgan fingerprint density at radius 3 is 2.21 bits per heavy atom. The molecule has 1 aliphatic carbocycles. The number of anilines is 1. The number of hydrogen-bond acceptors (Lipinski definition) is 4. The number of methoxy groups -OCH3 is 1. The van der Waals surface area contributed by atoms with Crippen LogP contribution in [0.2, 0.25) is 0 Å². The highest BCUT2D eigenvalue weighted by Gasteiger charge is 2.42. The van der Waals surface area contributed by atoms with Crippen LogP contribution in [-0.2, 0) is 10.3 Å². The molecule has 0 saturated heterocycles. The van der Waals surface area contributed by atoms with Crippen molar-refractivity contribution in [2.75, 3.05) is 12.8 Å². The molecule has 0 radical (unpaired) electrons. The van der Waals surface area contributed by atoms with Crippen molar-refractivity contribution in [1.82, 2.24) is 9.97 Å². The van der Waals surface area contributed by atoms with E-state index in [0.717, 1.165) is 40.8 Å². The monoisotopic (exact) mass is 375 g/mol. The van der Waals surface area contributed by atoms with Crippen LogP contribution in [0.15, 0.2) is 0 Å². The van der Waals surface area contributed by atoms with Gasteiger partial charge in [-0.3, -0.25) is 0 Å². The SMILES string of the molecule is COC1(c2nc(C)c(I)c(N)n2)CCC(C)(C)CC1. The van der Waals surface area contributed by atoms with Crippen molar-refractivity contribution in [2.24, 2.45) is 5.41 Å². The first kappa shape index (κ1) is 15.0. The Morgan fingerprint density at radius 1 is 1.16 bits per heavy atom. The fourth-order valence-corrected chi connectivity index (χ4v) is 2.88. The van der Waals surface area contributed by atoms with Crippen LogP contribution < -0.4 is 5.73 Å². The number of ether oxygens (including phenoxy) is 1. The lowest BCUT2D eigenvalue weighted by molar-refractivity contribution is -0.0729. The average molecular weight is 375 g/mol. The molecule has 4 nitrogen and oxygen atoms in total. The Bertz CT molecular complexity index is 455. The van der Waals surface area contributed by atoms with Gasteiger partial charge in [0.1, 0.15) is 11.4 Å². The van der Waals surface area contributed by atoms with Crippen molar-refractivity contribution < 1.29 is 4.74 Å². The Hall–Kier alpha value is -0.430. The van der Waals surface area contributed by atoms with Gasteiger partial charge in [-0.15, -0.1) is 0 Å². The van der Waals surface area contributed by atoms with E-state index in [0.29, 0.717) is 11.2 Å². The maximum absolute atomic E-state index is 5.98. The van der Waals surface area contributed by atoms with Crippen LogP contribution in [0.1, 0.15) is 51.0 Å². The van der Waals surface area contributed by atoms with Gasteiger partial charge in [0.05, 0.1) is 9.26 Å². The molecular formula is C14H22IN3O. The molecule has 2 rings (SSSR count). The van der Waals surface area contributed by atoms with E-state index in [1.807, 2.05) is 6.92 Å². The Morgan fingerprint density at radius 2 is 1.74 bits per heavy atom. The van der Waals surface area contributed by atoms with E-state index in [-0.39, 0.29) is 5.60 Å². The predicted molar refractivity (Wildman–Crippen MR) is 84.8 cm³/mol. The van der Waals surface area contributed by atoms with Crippen LogP contribution in [0.3, 0.4) is 0 Å². The number of halogens is 1. The summed E-state index contributed by atoms with van der Waals surface area (Å²) in [5, 5.41) is 0. The topological polar surface area (TPSA) is 61.0 Å². The molecule has 1 aromatic heterocycles. The van der Waals surface area contributed by atoms with Gasteiger partial charge in [0.15, 0.2) is 5.82 Å². The lowest BCUT2D eigenvalue weighted by Gasteiger charge is -2.41. The smallest absolute Gasteiger partial charge is 0.162 e. The summed E-state index contributed by atoms with van der Waals surface area (Å²) < 4.78 is 6.76. The quantitative estimate of drug-likeness (QED) is 0.805. The molecule has 0 bridgehead atoms. The molecule has 0 unspecified atom stereocenters. The van der Waals surface area contributed by atoms with Crippen LogP contribution in [0.25, 0.3) is 0 Å². The molecule has 19 heavy (non-hydrogen) atoms. The van der Waals surface area contributed by atoms with Gasteiger partial charge >= 0.3 is 0 Å². The van der Waals surface area contributed by atoms with Crippen molar-refractivity contribution >= 4 is 28.4 Å². The van der Waals surface area contributed by atoms with Gasteiger partial charge in [0, 0.05) is 7.11 Å². The summed E-state index contributed by atoms with van der Waals surface area (Å²) in [5.74, 6) is 1.31. The highest BCUT2D eigenvalue weighted by Crippen LogP contribution is 2.46. The molecule has 1 saturated carbocycles. The van der Waals surface area contributed by atoms with E-state index in [1.54, 1.807) is 7.11 Å². The van der Waals surface area contributed by atoms with E-state index in [1.165, 1.54) is 0 Å². The minimum atomic E-state index is -0.362. The molecular weight excluding hydrogens is 353 g/mol. The highest BCUT2D eigenvalue weighted by atomic mass is 127. The number of aryl methyl sites for hydroxylation is 1. The Labute approximate surface area is 128 Å². The zero-order valence-electron chi connectivity index (χ0n) is 12.1. The average Bonchev–Trinajstić information content (AvgIpc) is 2.36. The minimum absolute atomic E-state index is 0.362. The van der Waals surface area contributed by atoms with E-state index in [2.05, 4.69) is 46.4 Å². The number of nitrogens with zero attached hydrogens (tertiary/aromatic N) is 2. The standard InChI is InChI=1S/C14H22IN3O/c1-9-10(15)11(16)18-12(17-9)14(19-4)7-5-13(2,3)6-8-14/h5-8H2,1-4H3,(H2,16,17,18). The zero-order valence-corrected chi connectivity index (χ0v) is 14.2. The van der Waals surface area contributed by atoms with Gasteiger partial charge in [0.2, 0.25) is 0 Å². The molecule has 0 amide bonds. The van der Waals surface area contributed by atoms with Crippen LogP contribution in [-0.4, -0.2) is 17.1 Å².